The number of benzene rings is 1. The number of nitrogens with zero attached hydrogens (tertiary/aromatic N) is 3. The summed E-state index contributed by atoms with van der Waals surface area (Å²) in [6, 6.07) is 7.89. The maximum atomic E-state index is 9.38. The number of nitrogens with one attached hydrogen (secondary N) is 1. The largest absolute Gasteiger partial charge is 0.494 e. The number of aromatic nitrogens is 2. The molecule has 0 aliphatic heterocycles. The van der Waals surface area contributed by atoms with E-state index in [2.05, 4.69) is 28.3 Å². The van der Waals surface area contributed by atoms with Gasteiger partial charge in [0.1, 0.15) is 22.3 Å². The van der Waals surface area contributed by atoms with Gasteiger partial charge >= 0.3 is 0 Å². The fraction of sp³-hybridized carbons (Fsp3) is 0.235. The van der Waals surface area contributed by atoms with Crippen LogP contribution in [0.3, 0.4) is 0 Å². The van der Waals surface area contributed by atoms with Crippen LogP contribution in [0.5, 0.6) is 5.75 Å². The van der Waals surface area contributed by atoms with Crippen LogP contribution in [0.4, 0.5) is 5.69 Å². The standard InChI is InChI=1S/C17H16N4OS/c1-10-11(2)23-15(21-10)9-20-16-12(7-18)8-19-17-13(16)5-4-6-14(17)22-3/h4-6,8H,9H2,1-3H3,(H,19,20). The second-order valence-corrected chi connectivity index (χ2v) is 6.41. The normalized spacial score (nSPS) is 10.5. The van der Waals surface area contributed by atoms with Crippen LogP contribution in [0.15, 0.2) is 24.4 Å². The molecule has 0 aliphatic rings. The Bertz CT molecular complexity index is 891. The summed E-state index contributed by atoms with van der Waals surface area (Å²) in [5, 5.41) is 14.6. The molecule has 1 N–H and O–H groups in total. The van der Waals surface area contributed by atoms with Gasteiger partial charge in [0.2, 0.25) is 0 Å². The smallest absolute Gasteiger partial charge is 0.145 e. The third-order valence-electron chi connectivity index (χ3n) is 3.69. The van der Waals surface area contributed by atoms with Crippen molar-refractivity contribution in [2.45, 2.75) is 20.4 Å². The van der Waals surface area contributed by atoms with E-state index < -0.39 is 0 Å². The van der Waals surface area contributed by atoms with Crippen molar-refractivity contribution in [3.8, 4) is 11.8 Å². The molecule has 0 spiro atoms. The zero-order valence-electron chi connectivity index (χ0n) is 13.2. The van der Waals surface area contributed by atoms with E-state index in [4.69, 9.17) is 4.74 Å². The number of nitriles is 1. The summed E-state index contributed by atoms with van der Waals surface area (Å²) in [5.41, 5.74) is 3.06. The molecule has 0 radical (unpaired) electrons. The van der Waals surface area contributed by atoms with Gasteiger partial charge in [-0.15, -0.1) is 11.3 Å². The molecule has 3 aromatic rings. The molecule has 0 saturated carbocycles. The van der Waals surface area contributed by atoms with Gasteiger partial charge in [-0.1, -0.05) is 12.1 Å². The van der Waals surface area contributed by atoms with E-state index in [-0.39, 0.29) is 0 Å². The van der Waals surface area contributed by atoms with Gasteiger partial charge in [0.05, 0.1) is 30.6 Å². The quantitative estimate of drug-likeness (QED) is 0.790. The highest BCUT2D eigenvalue weighted by atomic mass is 32.1. The second kappa shape index (κ2) is 6.23. The van der Waals surface area contributed by atoms with E-state index in [1.165, 1.54) is 4.88 Å². The highest BCUT2D eigenvalue weighted by molar-refractivity contribution is 7.11. The fourth-order valence-electron chi connectivity index (χ4n) is 2.41. The Morgan fingerprint density at radius 2 is 2.17 bits per heavy atom. The number of hydrogen-bond acceptors (Lipinski definition) is 6. The molecule has 0 unspecified atom stereocenters. The first-order valence-corrected chi connectivity index (χ1v) is 7.98. The molecule has 5 nitrogen and oxygen atoms in total. The van der Waals surface area contributed by atoms with Crippen LogP contribution in [0.1, 0.15) is 21.1 Å². The summed E-state index contributed by atoms with van der Waals surface area (Å²) >= 11 is 1.66. The molecule has 0 amide bonds. The first kappa shape index (κ1) is 15.3. The third-order valence-corrected chi connectivity index (χ3v) is 4.76. The van der Waals surface area contributed by atoms with E-state index in [1.54, 1.807) is 24.6 Å². The van der Waals surface area contributed by atoms with Crippen molar-refractivity contribution >= 4 is 27.9 Å². The lowest BCUT2D eigenvalue weighted by atomic mass is 10.1. The molecule has 116 valence electrons. The number of aryl methyl sites for hydroxylation is 2. The van der Waals surface area contributed by atoms with Gasteiger partial charge in [-0.05, 0) is 19.9 Å². The monoisotopic (exact) mass is 324 g/mol. The van der Waals surface area contributed by atoms with Crippen molar-refractivity contribution < 1.29 is 4.74 Å². The zero-order valence-corrected chi connectivity index (χ0v) is 14.0. The molecule has 6 heteroatoms. The van der Waals surface area contributed by atoms with Crippen LogP contribution < -0.4 is 10.1 Å². The average molecular weight is 324 g/mol. The van der Waals surface area contributed by atoms with Gasteiger partial charge in [-0.3, -0.25) is 4.98 Å². The molecule has 3 rings (SSSR count). The minimum absolute atomic E-state index is 0.510. The van der Waals surface area contributed by atoms with Gasteiger partial charge in [-0.25, -0.2) is 4.98 Å². The van der Waals surface area contributed by atoms with Crippen molar-refractivity contribution in [2.75, 3.05) is 12.4 Å². The van der Waals surface area contributed by atoms with Crippen LogP contribution in [-0.2, 0) is 6.54 Å². The lowest BCUT2D eigenvalue weighted by Crippen LogP contribution is -2.03. The average Bonchev–Trinajstić information content (AvgIpc) is 2.89. The number of methoxy groups -OCH3 is 1. The molecule has 1 aromatic carbocycles. The highest BCUT2D eigenvalue weighted by Gasteiger charge is 2.12. The van der Waals surface area contributed by atoms with Gasteiger partial charge in [0.25, 0.3) is 0 Å². The highest BCUT2D eigenvalue weighted by Crippen LogP contribution is 2.31. The topological polar surface area (TPSA) is 70.8 Å². The summed E-state index contributed by atoms with van der Waals surface area (Å²) in [6.07, 6.45) is 1.57. The number of hydrogen-bond donors (Lipinski definition) is 1. The Labute approximate surface area is 138 Å². The Morgan fingerprint density at radius 3 is 2.83 bits per heavy atom. The number of thiazole rings is 1. The van der Waals surface area contributed by atoms with Crippen molar-refractivity contribution in [1.82, 2.24) is 9.97 Å². The summed E-state index contributed by atoms with van der Waals surface area (Å²) in [7, 11) is 1.61. The molecule has 0 saturated heterocycles. The van der Waals surface area contributed by atoms with Crippen LogP contribution in [-0.4, -0.2) is 17.1 Å². The second-order valence-electron chi connectivity index (χ2n) is 5.12. The van der Waals surface area contributed by atoms with Gasteiger partial charge in [0.15, 0.2) is 0 Å². The molecule has 0 bridgehead atoms. The molecular weight excluding hydrogens is 308 g/mol. The number of rotatable bonds is 4. The minimum Gasteiger partial charge on any atom is -0.494 e. The maximum Gasteiger partial charge on any atom is 0.145 e. The van der Waals surface area contributed by atoms with Crippen molar-refractivity contribution in [1.29, 1.82) is 5.26 Å². The number of anilines is 1. The van der Waals surface area contributed by atoms with Crippen molar-refractivity contribution in [2.24, 2.45) is 0 Å². The van der Waals surface area contributed by atoms with E-state index in [0.29, 0.717) is 17.9 Å². The van der Waals surface area contributed by atoms with Crippen LogP contribution >= 0.6 is 11.3 Å². The zero-order chi connectivity index (χ0) is 16.4. The lowest BCUT2D eigenvalue weighted by Gasteiger charge is -2.12. The SMILES string of the molecule is COc1cccc2c(NCc3nc(C)c(C)s3)c(C#N)cnc12. The van der Waals surface area contributed by atoms with Crippen molar-refractivity contribution in [3.63, 3.8) is 0 Å². The molecular formula is C17H16N4OS. The molecule has 0 aliphatic carbocycles. The number of para-hydroxylation sites is 1. The fourth-order valence-corrected chi connectivity index (χ4v) is 3.29. The number of fused-ring (bicyclic) bond motifs is 1. The summed E-state index contributed by atoms with van der Waals surface area (Å²) < 4.78 is 5.35. The molecule has 23 heavy (non-hydrogen) atoms. The number of pyridine rings is 1. The Kier molecular flexibility index (Phi) is 4.13. The maximum absolute atomic E-state index is 9.38. The van der Waals surface area contributed by atoms with Crippen LogP contribution in [0, 0.1) is 25.2 Å². The molecule has 0 atom stereocenters. The predicted molar refractivity (Wildman–Crippen MR) is 91.9 cm³/mol. The van der Waals surface area contributed by atoms with Gasteiger partial charge < -0.3 is 10.1 Å². The van der Waals surface area contributed by atoms with Crippen molar-refractivity contribution in [3.05, 3.63) is 45.5 Å². The summed E-state index contributed by atoms with van der Waals surface area (Å²) in [5.74, 6) is 0.691. The lowest BCUT2D eigenvalue weighted by molar-refractivity contribution is 0.419. The number of ether oxygens (including phenoxy) is 1. The van der Waals surface area contributed by atoms with E-state index in [9.17, 15) is 5.26 Å². The van der Waals surface area contributed by atoms with Crippen LogP contribution in [0.25, 0.3) is 10.9 Å². The predicted octanol–water partition coefficient (Wildman–Crippen LogP) is 3.80. The Morgan fingerprint density at radius 1 is 1.35 bits per heavy atom. The molecule has 0 fully saturated rings. The first-order valence-electron chi connectivity index (χ1n) is 7.16. The van der Waals surface area contributed by atoms with E-state index in [0.717, 1.165) is 27.3 Å². The Hall–Kier alpha value is -2.65. The Balaban J connectivity index is 2.02. The van der Waals surface area contributed by atoms with Gasteiger partial charge in [-0.2, -0.15) is 5.26 Å². The van der Waals surface area contributed by atoms with E-state index in [1.807, 2.05) is 25.1 Å². The summed E-state index contributed by atoms with van der Waals surface area (Å²) in [4.78, 5) is 10.1. The molecule has 2 aromatic heterocycles. The van der Waals surface area contributed by atoms with E-state index >= 15 is 0 Å². The minimum atomic E-state index is 0.510. The summed E-state index contributed by atoms with van der Waals surface area (Å²) in [6.45, 7) is 4.64. The first-order chi connectivity index (χ1) is 11.1. The van der Waals surface area contributed by atoms with Gasteiger partial charge in [0, 0.05) is 16.5 Å². The third kappa shape index (κ3) is 2.83. The molecule has 2 heterocycles. The van der Waals surface area contributed by atoms with Crippen LogP contribution in [0.2, 0.25) is 0 Å².